The zero-order valence-corrected chi connectivity index (χ0v) is 11.1. The van der Waals surface area contributed by atoms with Crippen molar-refractivity contribution in [3.05, 3.63) is 59.7 Å². The van der Waals surface area contributed by atoms with Crippen LogP contribution >= 0.6 is 0 Å². The van der Waals surface area contributed by atoms with Crippen LogP contribution in [0.1, 0.15) is 17.2 Å². The molecule has 21 heavy (non-hydrogen) atoms. The predicted molar refractivity (Wildman–Crippen MR) is 75.7 cm³/mol. The first kappa shape index (κ1) is 15.2. The lowest BCUT2D eigenvalue weighted by atomic mass is 10.1. The standard InChI is InChI=1S/C15H15F3N2O/c16-15(17,18)12-8-11(19)6-7-13(12)20-9-14(21)10-4-2-1-3-5-10/h1-8,14,20-21H,9,19H2. The predicted octanol–water partition coefficient (Wildman–Crippen LogP) is 3.43. The number of alkyl halides is 3. The maximum atomic E-state index is 12.9. The number of nitrogen functional groups attached to an aromatic ring is 1. The van der Waals surface area contributed by atoms with Gasteiger partial charge in [0.25, 0.3) is 0 Å². The molecule has 2 rings (SSSR count). The molecule has 3 nitrogen and oxygen atoms in total. The molecule has 0 aromatic heterocycles. The smallest absolute Gasteiger partial charge is 0.399 e. The Kier molecular flexibility index (Phi) is 4.37. The van der Waals surface area contributed by atoms with E-state index in [-0.39, 0.29) is 17.9 Å². The van der Waals surface area contributed by atoms with Crippen molar-refractivity contribution >= 4 is 11.4 Å². The fourth-order valence-electron chi connectivity index (χ4n) is 1.95. The van der Waals surface area contributed by atoms with Crippen LogP contribution in [0.3, 0.4) is 0 Å². The van der Waals surface area contributed by atoms with Crippen LogP contribution in [0.4, 0.5) is 24.5 Å². The number of rotatable bonds is 4. The molecule has 6 heteroatoms. The van der Waals surface area contributed by atoms with Crippen molar-refractivity contribution in [3.8, 4) is 0 Å². The highest BCUT2D eigenvalue weighted by molar-refractivity contribution is 5.59. The molecule has 1 atom stereocenters. The van der Waals surface area contributed by atoms with E-state index in [0.29, 0.717) is 5.56 Å². The normalized spacial score (nSPS) is 13.0. The highest BCUT2D eigenvalue weighted by Gasteiger charge is 2.33. The Morgan fingerprint density at radius 3 is 2.38 bits per heavy atom. The molecule has 0 saturated carbocycles. The first-order chi connectivity index (χ1) is 9.88. The van der Waals surface area contributed by atoms with Crippen molar-refractivity contribution in [2.24, 2.45) is 0 Å². The number of aliphatic hydroxyl groups is 1. The molecule has 2 aromatic carbocycles. The van der Waals surface area contributed by atoms with E-state index in [9.17, 15) is 18.3 Å². The largest absolute Gasteiger partial charge is 0.418 e. The van der Waals surface area contributed by atoms with Gasteiger partial charge in [-0.25, -0.2) is 0 Å². The Morgan fingerprint density at radius 1 is 1.10 bits per heavy atom. The van der Waals surface area contributed by atoms with Gasteiger partial charge in [-0.3, -0.25) is 0 Å². The number of halogens is 3. The maximum absolute atomic E-state index is 12.9. The second kappa shape index (κ2) is 6.05. The third kappa shape index (κ3) is 3.88. The van der Waals surface area contributed by atoms with E-state index >= 15 is 0 Å². The van der Waals surface area contributed by atoms with Gasteiger partial charge in [-0.15, -0.1) is 0 Å². The van der Waals surface area contributed by atoms with Crippen LogP contribution in [-0.2, 0) is 6.18 Å². The van der Waals surface area contributed by atoms with Crippen LogP contribution in [0.2, 0.25) is 0 Å². The van der Waals surface area contributed by atoms with E-state index in [1.165, 1.54) is 12.1 Å². The van der Waals surface area contributed by atoms with Crippen LogP contribution < -0.4 is 11.1 Å². The quantitative estimate of drug-likeness (QED) is 0.758. The summed E-state index contributed by atoms with van der Waals surface area (Å²) in [6.07, 6.45) is -5.40. The zero-order valence-electron chi connectivity index (χ0n) is 11.1. The molecule has 0 amide bonds. The highest BCUT2D eigenvalue weighted by atomic mass is 19.4. The zero-order chi connectivity index (χ0) is 15.5. The van der Waals surface area contributed by atoms with Crippen molar-refractivity contribution in [1.29, 1.82) is 0 Å². The molecule has 2 aromatic rings. The maximum Gasteiger partial charge on any atom is 0.418 e. The second-order valence-electron chi connectivity index (χ2n) is 4.61. The fourth-order valence-corrected chi connectivity index (χ4v) is 1.95. The molecule has 0 saturated heterocycles. The number of nitrogens with two attached hydrogens (primary N) is 1. The van der Waals surface area contributed by atoms with Crippen molar-refractivity contribution in [2.75, 3.05) is 17.6 Å². The minimum atomic E-state index is -4.50. The lowest BCUT2D eigenvalue weighted by Gasteiger charge is -2.17. The number of benzene rings is 2. The summed E-state index contributed by atoms with van der Waals surface area (Å²) in [5.41, 5.74) is 5.12. The molecule has 0 fully saturated rings. The number of aliphatic hydroxyl groups excluding tert-OH is 1. The fraction of sp³-hybridized carbons (Fsp3) is 0.200. The third-order valence-corrected chi connectivity index (χ3v) is 3.02. The summed E-state index contributed by atoms with van der Waals surface area (Å²) in [6, 6.07) is 12.2. The van der Waals surface area contributed by atoms with Gasteiger partial charge in [-0.05, 0) is 23.8 Å². The lowest BCUT2D eigenvalue weighted by Crippen LogP contribution is -2.16. The van der Waals surface area contributed by atoms with E-state index in [4.69, 9.17) is 5.73 Å². The molecule has 4 N–H and O–H groups in total. The molecule has 112 valence electrons. The Bertz CT molecular complexity index is 600. The first-order valence-electron chi connectivity index (χ1n) is 6.31. The van der Waals surface area contributed by atoms with E-state index in [1.807, 2.05) is 0 Å². The Morgan fingerprint density at radius 2 is 1.76 bits per heavy atom. The van der Waals surface area contributed by atoms with E-state index < -0.39 is 17.8 Å². The second-order valence-corrected chi connectivity index (χ2v) is 4.61. The van der Waals surface area contributed by atoms with Gasteiger partial charge >= 0.3 is 6.18 Å². The number of hydrogen-bond donors (Lipinski definition) is 3. The number of nitrogens with one attached hydrogen (secondary N) is 1. The van der Waals surface area contributed by atoms with Crippen LogP contribution in [-0.4, -0.2) is 11.7 Å². The average Bonchev–Trinajstić information content (AvgIpc) is 2.45. The van der Waals surface area contributed by atoms with Crippen molar-refractivity contribution < 1.29 is 18.3 Å². The molecule has 0 aliphatic carbocycles. The van der Waals surface area contributed by atoms with Crippen LogP contribution in [0, 0.1) is 0 Å². The summed E-state index contributed by atoms with van der Waals surface area (Å²) >= 11 is 0. The molecule has 0 spiro atoms. The van der Waals surface area contributed by atoms with Crippen molar-refractivity contribution in [2.45, 2.75) is 12.3 Å². The summed E-state index contributed by atoms with van der Waals surface area (Å²) in [4.78, 5) is 0. The van der Waals surface area contributed by atoms with E-state index in [0.717, 1.165) is 6.07 Å². The Labute approximate surface area is 120 Å². The molecule has 0 heterocycles. The summed E-state index contributed by atoms with van der Waals surface area (Å²) in [5, 5.41) is 12.6. The minimum absolute atomic E-state index is 0.0307. The van der Waals surface area contributed by atoms with Gasteiger partial charge < -0.3 is 16.2 Å². The molecular weight excluding hydrogens is 281 g/mol. The van der Waals surface area contributed by atoms with Crippen LogP contribution in [0.5, 0.6) is 0 Å². The minimum Gasteiger partial charge on any atom is -0.399 e. The van der Waals surface area contributed by atoms with Crippen molar-refractivity contribution in [3.63, 3.8) is 0 Å². The topological polar surface area (TPSA) is 58.3 Å². The highest BCUT2D eigenvalue weighted by Crippen LogP contribution is 2.36. The lowest BCUT2D eigenvalue weighted by molar-refractivity contribution is -0.136. The molecule has 0 aliphatic heterocycles. The molecule has 0 bridgehead atoms. The summed E-state index contributed by atoms with van der Waals surface area (Å²) in [6.45, 7) is -0.0307. The van der Waals surface area contributed by atoms with Gasteiger partial charge in [-0.2, -0.15) is 13.2 Å². The Balaban J connectivity index is 2.14. The third-order valence-electron chi connectivity index (χ3n) is 3.02. The van der Waals surface area contributed by atoms with Gasteiger partial charge in [0.05, 0.1) is 11.7 Å². The SMILES string of the molecule is Nc1ccc(NCC(O)c2ccccc2)c(C(F)(F)F)c1. The van der Waals surface area contributed by atoms with E-state index in [1.54, 1.807) is 30.3 Å². The first-order valence-corrected chi connectivity index (χ1v) is 6.31. The van der Waals surface area contributed by atoms with Crippen LogP contribution in [0.25, 0.3) is 0 Å². The van der Waals surface area contributed by atoms with E-state index in [2.05, 4.69) is 5.32 Å². The van der Waals surface area contributed by atoms with Gasteiger partial charge in [-0.1, -0.05) is 30.3 Å². The summed E-state index contributed by atoms with van der Waals surface area (Å²) in [5.74, 6) is 0. The van der Waals surface area contributed by atoms with Gasteiger partial charge in [0.15, 0.2) is 0 Å². The molecule has 0 radical (unpaired) electrons. The van der Waals surface area contributed by atoms with Gasteiger partial charge in [0.2, 0.25) is 0 Å². The number of hydrogen-bond acceptors (Lipinski definition) is 3. The monoisotopic (exact) mass is 296 g/mol. The Hall–Kier alpha value is -2.21. The van der Waals surface area contributed by atoms with Gasteiger partial charge in [0.1, 0.15) is 0 Å². The van der Waals surface area contributed by atoms with Crippen molar-refractivity contribution in [1.82, 2.24) is 0 Å². The molecule has 0 aliphatic rings. The van der Waals surface area contributed by atoms with Crippen LogP contribution in [0.15, 0.2) is 48.5 Å². The molecular formula is C15H15F3N2O. The molecule has 1 unspecified atom stereocenters. The summed E-state index contributed by atoms with van der Waals surface area (Å²) < 4.78 is 38.8. The van der Waals surface area contributed by atoms with Gasteiger partial charge in [0, 0.05) is 17.9 Å². The number of anilines is 2. The average molecular weight is 296 g/mol. The summed E-state index contributed by atoms with van der Waals surface area (Å²) in [7, 11) is 0.